The molecule has 2 rings (SSSR count). The zero-order valence-corrected chi connectivity index (χ0v) is 13.7. The highest BCUT2D eigenvalue weighted by Gasteiger charge is 2.41. The summed E-state index contributed by atoms with van der Waals surface area (Å²) in [4.78, 5) is 2.69. The molecule has 112 valence electrons. The van der Waals surface area contributed by atoms with Gasteiger partial charge in [0.05, 0.1) is 0 Å². The Morgan fingerprint density at radius 1 is 1.15 bits per heavy atom. The van der Waals surface area contributed by atoms with Gasteiger partial charge in [0, 0.05) is 30.2 Å². The molecular formula is C18H30N2. The molecule has 1 aliphatic heterocycles. The van der Waals surface area contributed by atoms with Crippen molar-refractivity contribution < 1.29 is 0 Å². The molecule has 20 heavy (non-hydrogen) atoms. The number of nitrogens with zero attached hydrogens (tertiary/aromatic N) is 1. The van der Waals surface area contributed by atoms with Crippen molar-refractivity contribution in [2.75, 3.05) is 13.1 Å². The molecule has 0 amide bonds. The van der Waals surface area contributed by atoms with E-state index in [0.717, 1.165) is 13.1 Å². The van der Waals surface area contributed by atoms with Crippen LogP contribution in [-0.4, -0.2) is 29.1 Å². The zero-order chi connectivity index (χ0) is 14.8. The maximum Gasteiger partial charge on any atom is 0.0478 e. The van der Waals surface area contributed by atoms with Gasteiger partial charge in [-0.1, -0.05) is 44.2 Å². The smallest absolute Gasteiger partial charge is 0.0478 e. The van der Waals surface area contributed by atoms with Crippen molar-refractivity contribution in [2.45, 2.75) is 64.6 Å². The largest absolute Gasteiger partial charge is 0.308 e. The van der Waals surface area contributed by atoms with Gasteiger partial charge in [-0.05, 0) is 39.2 Å². The van der Waals surface area contributed by atoms with Crippen molar-refractivity contribution in [3.63, 3.8) is 0 Å². The fourth-order valence-electron chi connectivity index (χ4n) is 3.32. The average Bonchev–Trinajstić information content (AvgIpc) is 2.46. The van der Waals surface area contributed by atoms with Gasteiger partial charge in [-0.3, -0.25) is 4.90 Å². The molecule has 1 aromatic rings. The Morgan fingerprint density at radius 2 is 1.75 bits per heavy atom. The van der Waals surface area contributed by atoms with E-state index < -0.39 is 0 Å². The van der Waals surface area contributed by atoms with Crippen LogP contribution in [0.25, 0.3) is 0 Å². The van der Waals surface area contributed by atoms with Gasteiger partial charge in [0.1, 0.15) is 0 Å². The van der Waals surface area contributed by atoms with Crippen LogP contribution in [0.15, 0.2) is 30.3 Å². The number of hydrogen-bond donors (Lipinski definition) is 1. The Balaban J connectivity index is 2.30. The first-order valence-corrected chi connectivity index (χ1v) is 7.98. The fourth-order valence-corrected chi connectivity index (χ4v) is 3.32. The molecule has 1 saturated heterocycles. The van der Waals surface area contributed by atoms with E-state index >= 15 is 0 Å². The Bertz CT molecular complexity index is 415. The van der Waals surface area contributed by atoms with Crippen LogP contribution in [-0.2, 0) is 0 Å². The third-order valence-electron chi connectivity index (χ3n) is 4.92. The van der Waals surface area contributed by atoms with Gasteiger partial charge in [-0.15, -0.1) is 0 Å². The Hall–Kier alpha value is -0.860. The second kappa shape index (κ2) is 5.87. The van der Waals surface area contributed by atoms with Crippen LogP contribution >= 0.6 is 0 Å². The molecule has 0 radical (unpaired) electrons. The predicted octanol–water partition coefficient (Wildman–Crippen LogP) is 3.99. The van der Waals surface area contributed by atoms with E-state index in [-0.39, 0.29) is 11.1 Å². The molecule has 1 aromatic carbocycles. The first-order valence-electron chi connectivity index (χ1n) is 7.98. The molecule has 1 fully saturated rings. The maximum atomic E-state index is 3.84. The van der Waals surface area contributed by atoms with Crippen molar-refractivity contribution in [1.82, 2.24) is 10.2 Å². The molecular weight excluding hydrogens is 244 g/mol. The van der Waals surface area contributed by atoms with E-state index in [1.807, 2.05) is 0 Å². The molecule has 2 nitrogen and oxygen atoms in total. The summed E-state index contributed by atoms with van der Waals surface area (Å²) < 4.78 is 0. The van der Waals surface area contributed by atoms with Crippen molar-refractivity contribution in [2.24, 2.45) is 0 Å². The molecule has 0 spiro atoms. The van der Waals surface area contributed by atoms with Crippen LogP contribution in [0, 0.1) is 0 Å². The van der Waals surface area contributed by atoms with Crippen molar-refractivity contribution in [3.05, 3.63) is 35.9 Å². The van der Waals surface area contributed by atoms with Crippen LogP contribution in [0.3, 0.4) is 0 Å². The average molecular weight is 274 g/mol. The Labute approximate surface area is 124 Å². The second-order valence-corrected chi connectivity index (χ2v) is 7.09. The van der Waals surface area contributed by atoms with Gasteiger partial charge in [-0.2, -0.15) is 0 Å². The van der Waals surface area contributed by atoms with E-state index in [9.17, 15) is 0 Å². The summed E-state index contributed by atoms with van der Waals surface area (Å²) in [6, 6.07) is 11.4. The number of rotatable bonds is 3. The highest BCUT2D eigenvalue weighted by atomic mass is 15.3. The number of hydrogen-bond acceptors (Lipinski definition) is 2. The predicted molar refractivity (Wildman–Crippen MR) is 87.0 cm³/mol. The van der Waals surface area contributed by atoms with Crippen molar-refractivity contribution in [3.8, 4) is 0 Å². The molecule has 1 unspecified atom stereocenters. The summed E-state index contributed by atoms with van der Waals surface area (Å²) in [7, 11) is 0. The van der Waals surface area contributed by atoms with Gasteiger partial charge >= 0.3 is 0 Å². The minimum absolute atomic E-state index is 0.193. The molecule has 0 aliphatic carbocycles. The minimum Gasteiger partial charge on any atom is -0.308 e. The summed E-state index contributed by atoms with van der Waals surface area (Å²) in [5.74, 6) is 0. The molecule has 1 N–H and O–H groups in total. The normalized spacial score (nSPS) is 23.8. The van der Waals surface area contributed by atoms with E-state index in [2.05, 4.69) is 75.2 Å². The SMILES string of the molecule is CCC1(CC)CN(C(C)(C)C)C(c2ccccc2)CN1. The molecule has 0 saturated carbocycles. The molecule has 1 atom stereocenters. The van der Waals surface area contributed by atoms with Gasteiger partial charge in [0.15, 0.2) is 0 Å². The Morgan fingerprint density at radius 3 is 2.25 bits per heavy atom. The lowest BCUT2D eigenvalue weighted by atomic mass is 9.84. The molecule has 1 aliphatic rings. The summed E-state index contributed by atoms with van der Waals surface area (Å²) >= 11 is 0. The first kappa shape index (κ1) is 15.5. The quantitative estimate of drug-likeness (QED) is 0.896. The fraction of sp³-hybridized carbons (Fsp3) is 0.667. The van der Waals surface area contributed by atoms with Gasteiger partial charge in [0.25, 0.3) is 0 Å². The van der Waals surface area contributed by atoms with Gasteiger partial charge in [0.2, 0.25) is 0 Å². The zero-order valence-electron chi connectivity index (χ0n) is 13.7. The monoisotopic (exact) mass is 274 g/mol. The highest BCUT2D eigenvalue weighted by molar-refractivity contribution is 5.21. The summed E-state index contributed by atoms with van der Waals surface area (Å²) in [5.41, 5.74) is 1.90. The standard InChI is InChI=1S/C18H30N2/c1-6-18(7-2)14-20(17(3,4)5)16(13-19-18)15-11-9-8-10-12-15/h8-12,16,19H,6-7,13-14H2,1-5H3. The molecule has 1 heterocycles. The van der Waals surface area contributed by atoms with Gasteiger partial charge < -0.3 is 5.32 Å². The van der Waals surface area contributed by atoms with E-state index in [1.165, 1.54) is 18.4 Å². The molecule has 0 bridgehead atoms. The molecule has 0 aromatic heterocycles. The lowest BCUT2D eigenvalue weighted by molar-refractivity contribution is 0.00393. The number of benzene rings is 1. The van der Waals surface area contributed by atoms with Crippen LogP contribution in [0.2, 0.25) is 0 Å². The minimum atomic E-state index is 0.193. The summed E-state index contributed by atoms with van der Waals surface area (Å²) in [5, 5.41) is 3.84. The maximum absolute atomic E-state index is 3.84. The topological polar surface area (TPSA) is 15.3 Å². The van der Waals surface area contributed by atoms with E-state index in [4.69, 9.17) is 0 Å². The lowest BCUT2D eigenvalue weighted by Gasteiger charge is -2.52. The van der Waals surface area contributed by atoms with Crippen LogP contribution in [0.1, 0.15) is 59.1 Å². The third-order valence-corrected chi connectivity index (χ3v) is 4.92. The van der Waals surface area contributed by atoms with Crippen molar-refractivity contribution >= 4 is 0 Å². The first-order chi connectivity index (χ1) is 9.42. The van der Waals surface area contributed by atoms with Crippen LogP contribution < -0.4 is 5.32 Å². The molecule has 2 heteroatoms. The number of piperazine rings is 1. The summed E-state index contributed by atoms with van der Waals surface area (Å²) in [6.45, 7) is 13.8. The van der Waals surface area contributed by atoms with Crippen molar-refractivity contribution in [1.29, 1.82) is 0 Å². The summed E-state index contributed by atoms with van der Waals surface area (Å²) in [6.07, 6.45) is 2.38. The van der Waals surface area contributed by atoms with Crippen LogP contribution in [0.4, 0.5) is 0 Å². The van der Waals surface area contributed by atoms with Gasteiger partial charge in [-0.25, -0.2) is 0 Å². The van der Waals surface area contributed by atoms with E-state index in [0.29, 0.717) is 6.04 Å². The number of nitrogens with one attached hydrogen (secondary N) is 1. The van der Waals surface area contributed by atoms with E-state index in [1.54, 1.807) is 0 Å². The third kappa shape index (κ3) is 3.07. The Kier molecular flexibility index (Phi) is 4.55. The lowest BCUT2D eigenvalue weighted by Crippen LogP contribution is -2.64. The highest BCUT2D eigenvalue weighted by Crippen LogP contribution is 2.35. The van der Waals surface area contributed by atoms with Crippen LogP contribution in [0.5, 0.6) is 0 Å². The second-order valence-electron chi connectivity index (χ2n) is 7.09.